The number of nitrogens with zero attached hydrogens (tertiary/aromatic N) is 3. The number of hydrogen-bond donors (Lipinski definition) is 1. The number of aromatic nitrogens is 3. The van der Waals surface area contributed by atoms with Crippen LogP contribution in [0.15, 0.2) is 36.8 Å². The maximum atomic E-state index is 4.37. The molecule has 2 aromatic rings. The monoisotopic (exact) mass is 244 g/mol. The standard InChI is InChI=1S/C14H20N4/c1-14(2,3)18-11-12(9-17-18)8-15-10-13-6-4-5-7-16-13/h4-7,9,11,15H,8,10H2,1-3H3. The second kappa shape index (κ2) is 5.31. The lowest BCUT2D eigenvalue weighted by Gasteiger charge is -2.18. The lowest BCUT2D eigenvalue weighted by atomic mass is 10.1. The van der Waals surface area contributed by atoms with E-state index in [2.05, 4.69) is 42.4 Å². The Morgan fingerprint density at radius 1 is 1.22 bits per heavy atom. The largest absolute Gasteiger partial charge is 0.307 e. The molecule has 0 saturated heterocycles. The van der Waals surface area contributed by atoms with Gasteiger partial charge in [0.15, 0.2) is 0 Å². The van der Waals surface area contributed by atoms with Gasteiger partial charge >= 0.3 is 0 Å². The lowest BCUT2D eigenvalue weighted by Crippen LogP contribution is -2.22. The highest BCUT2D eigenvalue weighted by atomic mass is 15.3. The van der Waals surface area contributed by atoms with E-state index in [0.29, 0.717) is 0 Å². The van der Waals surface area contributed by atoms with Crippen LogP contribution >= 0.6 is 0 Å². The fraction of sp³-hybridized carbons (Fsp3) is 0.429. The van der Waals surface area contributed by atoms with Crippen molar-refractivity contribution in [1.29, 1.82) is 0 Å². The van der Waals surface area contributed by atoms with Gasteiger partial charge in [-0.3, -0.25) is 9.67 Å². The van der Waals surface area contributed by atoms with Gasteiger partial charge in [-0.15, -0.1) is 0 Å². The molecule has 18 heavy (non-hydrogen) atoms. The first-order valence-electron chi connectivity index (χ1n) is 6.20. The predicted molar refractivity (Wildman–Crippen MR) is 72.0 cm³/mol. The number of hydrogen-bond acceptors (Lipinski definition) is 3. The quantitative estimate of drug-likeness (QED) is 0.897. The van der Waals surface area contributed by atoms with Crippen LogP contribution in [0.25, 0.3) is 0 Å². The molecule has 2 aromatic heterocycles. The molecular weight excluding hydrogens is 224 g/mol. The fourth-order valence-corrected chi connectivity index (χ4v) is 1.66. The van der Waals surface area contributed by atoms with Crippen LogP contribution in [0.2, 0.25) is 0 Å². The Hall–Kier alpha value is -1.68. The van der Waals surface area contributed by atoms with E-state index in [-0.39, 0.29) is 5.54 Å². The zero-order valence-corrected chi connectivity index (χ0v) is 11.2. The van der Waals surface area contributed by atoms with Gasteiger partial charge in [0.2, 0.25) is 0 Å². The summed E-state index contributed by atoms with van der Waals surface area (Å²) in [5.74, 6) is 0. The first-order valence-corrected chi connectivity index (χ1v) is 6.20. The van der Waals surface area contributed by atoms with Crippen molar-refractivity contribution in [2.75, 3.05) is 0 Å². The Bertz CT molecular complexity index is 482. The molecule has 0 amide bonds. The highest BCUT2D eigenvalue weighted by molar-refractivity contribution is 5.06. The summed E-state index contributed by atoms with van der Waals surface area (Å²) in [6.07, 6.45) is 5.82. The molecule has 0 bridgehead atoms. The van der Waals surface area contributed by atoms with E-state index in [1.165, 1.54) is 5.56 Å². The van der Waals surface area contributed by atoms with E-state index in [1.807, 2.05) is 35.3 Å². The van der Waals surface area contributed by atoms with Gasteiger partial charge in [0.25, 0.3) is 0 Å². The number of rotatable bonds is 4. The number of pyridine rings is 1. The van der Waals surface area contributed by atoms with Crippen LogP contribution in [0, 0.1) is 0 Å². The van der Waals surface area contributed by atoms with Gasteiger partial charge in [-0.25, -0.2) is 0 Å². The zero-order chi connectivity index (χ0) is 13.0. The molecule has 0 fully saturated rings. The van der Waals surface area contributed by atoms with Crippen molar-refractivity contribution < 1.29 is 0 Å². The third-order valence-electron chi connectivity index (χ3n) is 2.68. The molecule has 96 valence electrons. The Labute approximate surface area is 108 Å². The minimum atomic E-state index is 0.0409. The Morgan fingerprint density at radius 2 is 2.06 bits per heavy atom. The first-order chi connectivity index (χ1) is 8.55. The van der Waals surface area contributed by atoms with Gasteiger partial charge in [-0.05, 0) is 32.9 Å². The SMILES string of the molecule is CC(C)(C)n1cc(CNCc2ccccn2)cn1. The second-order valence-electron chi connectivity index (χ2n) is 5.39. The molecule has 0 radical (unpaired) electrons. The van der Waals surface area contributed by atoms with Crippen molar-refractivity contribution in [3.05, 3.63) is 48.0 Å². The third-order valence-corrected chi connectivity index (χ3v) is 2.68. The number of nitrogens with one attached hydrogen (secondary N) is 1. The molecule has 0 aliphatic rings. The average Bonchev–Trinajstić information content (AvgIpc) is 2.79. The van der Waals surface area contributed by atoms with Gasteiger partial charge in [0.1, 0.15) is 0 Å². The summed E-state index contributed by atoms with van der Waals surface area (Å²) < 4.78 is 1.99. The molecule has 1 N–H and O–H groups in total. The first kappa shape index (κ1) is 12.8. The van der Waals surface area contributed by atoms with E-state index in [4.69, 9.17) is 0 Å². The third kappa shape index (κ3) is 3.40. The van der Waals surface area contributed by atoms with E-state index in [9.17, 15) is 0 Å². The zero-order valence-electron chi connectivity index (χ0n) is 11.2. The summed E-state index contributed by atoms with van der Waals surface area (Å²) in [6, 6.07) is 5.95. The van der Waals surface area contributed by atoms with Crippen LogP contribution in [0.5, 0.6) is 0 Å². The van der Waals surface area contributed by atoms with Crippen LogP contribution in [0.4, 0.5) is 0 Å². The Morgan fingerprint density at radius 3 is 2.67 bits per heavy atom. The van der Waals surface area contributed by atoms with Crippen molar-refractivity contribution >= 4 is 0 Å². The molecule has 0 aliphatic heterocycles. The van der Waals surface area contributed by atoms with Crippen molar-refractivity contribution in [2.24, 2.45) is 0 Å². The van der Waals surface area contributed by atoms with Gasteiger partial charge in [0, 0.05) is 31.0 Å². The summed E-state index contributed by atoms with van der Waals surface area (Å²) in [5.41, 5.74) is 2.29. The van der Waals surface area contributed by atoms with Crippen molar-refractivity contribution in [3.8, 4) is 0 Å². The lowest BCUT2D eigenvalue weighted by molar-refractivity contribution is 0.355. The molecule has 2 heterocycles. The molecule has 0 saturated carbocycles. The summed E-state index contributed by atoms with van der Waals surface area (Å²) >= 11 is 0. The molecule has 0 atom stereocenters. The van der Waals surface area contributed by atoms with Gasteiger partial charge < -0.3 is 5.32 Å². The summed E-state index contributed by atoms with van der Waals surface area (Å²) in [6.45, 7) is 8.02. The molecular formula is C14H20N4. The fourth-order valence-electron chi connectivity index (χ4n) is 1.66. The Kier molecular flexibility index (Phi) is 3.77. The smallest absolute Gasteiger partial charge is 0.0543 e. The minimum absolute atomic E-state index is 0.0409. The molecule has 2 rings (SSSR count). The molecule has 0 aliphatic carbocycles. The van der Waals surface area contributed by atoms with E-state index in [1.54, 1.807) is 0 Å². The maximum Gasteiger partial charge on any atom is 0.0543 e. The van der Waals surface area contributed by atoms with Crippen molar-refractivity contribution in [1.82, 2.24) is 20.1 Å². The second-order valence-corrected chi connectivity index (χ2v) is 5.39. The van der Waals surface area contributed by atoms with E-state index in [0.717, 1.165) is 18.8 Å². The highest BCUT2D eigenvalue weighted by Crippen LogP contribution is 2.12. The van der Waals surface area contributed by atoms with Gasteiger partial charge in [0.05, 0.1) is 17.4 Å². The molecule has 0 aromatic carbocycles. The van der Waals surface area contributed by atoms with Gasteiger partial charge in [-0.1, -0.05) is 6.07 Å². The molecule has 0 spiro atoms. The summed E-state index contributed by atoms with van der Waals surface area (Å²) in [4.78, 5) is 4.27. The maximum absolute atomic E-state index is 4.37. The van der Waals surface area contributed by atoms with Crippen LogP contribution in [0.1, 0.15) is 32.0 Å². The summed E-state index contributed by atoms with van der Waals surface area (Å²) in [5, 5.41) is 7.74. The predicted octanol–water partition coefficient (Wildman–Crippen LogP) is 2.32. The van der Waals surface area contributed by atoms with Crippen LogP contribution in [0.3, 0.4) is 0 Å². The highest BCUT2D eigenvalue weighted by Gasteiger charge is 2.13. The summed E-state index contributed by atoms with van der Waals surface area (Å²) in [7, 11) is 0. The normalized spacial score (nSPS) is 11.7. The van der Waals surface area contributed by atoms with Gasteiger partial charge in [-0.2, -0.15) is 5.10 Å². The molecule has 4 nitrogen and oxygen atoms in total. The average molecular weight is 244 g/mol. The topological polar surface area (TPSA) is 42.7 Å². The minimum Gasteiger partial charge on any atom is -0.307 e. The molecule has 4 heteroatoms. The van der Waals surface area contributed by atoms with Crippen molar-refractivity contribution in [3.63, 3.8) is 0 Å². The van der Waals surface area contributed by atoms with E-state index < -0.39 is 0 Å². The van der Waals surface area contributed by atoms with Crippen LogP contribution < -0.4 is 5.32 Å². The van der Waals surface area contributed by atoms with E-state index >= 15 is 0 Å². The van der Waals surface area contributed by atoms with Crippen molar-refractivity contribution in [2.45, 2.75) is 39.4 Å². The molecule has 0 unspecified atom stereocenters. The van der Waals surface area contributed by atoms with Crippen LogP contribution in [-0.4, -0.2) is 14.8 Å². The Balaban J connectivity index is 1.86. The van der Waals surface area contributed by atoms with Crippen LogP contribution in [-0.2, 0) is 18.6 Å².